The predicted molar refractivity (Wildman–Crippen MR) is 120 cm³/mol. The Morgan fingerprint density at radius 2 is 1.52 bits per heavy atom. The monoisotopic (exact) mass is 456 g/mol. The fourth-order valence-corrected chi connectivity index (χ4v) is 3.66. The second kappa shape index (κ2) is 9.40. The Morgan fingerprint density at radius 1 is 1.00 bits per heavy atom. The third-order valence-electron chi connectivity index (χ3n) is 5.22. The van der Waals surface area contributed by atoms with Gasteiger partial charge >= 0.3 is 12.1 Å². The number of carbonyl (C=O) groups is 4. The van der Waals surface area contributed by atoms with Crippen LogP contribution in [0.15, 0.2) is 48.5 Å². The van der Waals surface area contributed by atoms with Crippen LogP contribution in [0.25, 0.3) is 21.8 Å². The summed E-state index contributed by atoms with van der Waals surface area (Å²) >= 11 is 0. The van der Waals surface area contributed by atoms with E-state index in [9.17, 15) is 23.6 Å². The number of aliphatic carboxylic acids is 1. The first-order chi connectivity index (χ1) is 15.5. The van der Waals surface area contributed by atoms with Gasteiger partial charge in [0, 0.05) is 16.2 Å². The Hall–Kier alpha value is -3.75. The first-order valence-electron chi connectivity index (χ1n) is 10.3. The number of carboxylic acids is 1. The molecule has 0 radical (unpaired) electrons. The van der Waals surface area contributed by atoms with E-state index in [1.54, 1.807) is 45.0 Å². The molecule has 9 heteroatoms. The van der Waals surface area contributed by atoms with E-state index in [2.05, 4.69) is 5.32 Å². The molecule has 8 nitrogen and oxygen atoms in total. The Morgan fingerprint density at radius 3 is 1.97 bits per heavy atom. The van der Waals surface area contributed by atoms with Gasteiger partial charge in [0.15, 0.2) is 11.9 Å². The van der Waals surface area contributed by atoms with Gasteiger partial charge in [0.2, 0.25) is 0 Å². The minimum Gasteiger partial charge on any atom is -0.481 e. The molecule has 2 atom stereocenters. The lowest BCUT2D eigenvalue weighted by molar-refractivity contribution is -0.142. The number of aromatic nitrogens is 1. The zero-order valence-electron chi connectivity index (χ0n) is 18.5. The lowest BCUT2D eigenvalue weighted by Crippen LogP contribution is -2.52. The number of Topliss-reactive ketones (excluding diaryl/α,β-unsaturated/α-hetero) is 1. The molecule has 0 aliphatic carbocycles. The number of halogens is 1. The zero-order chi connectivity index (χ0) is 24.3. The molecule has 2 aromatic carbocycles. The van der Waals surface area contributed by atoms with Crippen molar-refractivity contribution in [3.05, 3.63) is 48.5 Å². The summed E-state index contributed by atoms with van der Waals surface area (Å²) in [5.41, 5.74) is 0.270. The summed E-state index contributed by atoms with van der Waals surface area (Å²) in [4.78, 5) is 49.1. The van der Waals surface area contributed by atoms with E-state index in [1.807, 2.05) is 24.3 Å². The van der Waals surface area contributed by atoms with Gasteiger partial charge in [-0.2, -0.15) is 0 Å². The van der Waals surface area contributed by atoms with Gasteiger partial charge in [-0.1, -0.05) is 57.2 Å². The molecule has 0 aliphatic rings. The van der Waals surface area contributed by atoms with Crippen LogP contribution >= 0.6 is 0 Å². The first-order valence-corrected chi connectivity index (χ1v) is 10.3. The van der Waals surface area contributed by atoms with Crippen molar-refractivity contribution in [2.24, 2.45) is 5.41 Å². The van der Waals surface area contributed by atoms with Crippen LogP contribution in [-0.2, 0) is 19.1 Å². The SMILES string of the molecule is CC(C)(C)[C@H](OC(=O)n1c2ccccc2c2ccccc21)C(=O)NC(CC(=O)O)C(=O)CF. The first kappa shape index (κ1) is 23.9. The number of carbonyl (C=O) groups excluding carboxylic acids is 3. The number of amides is 1. The standard InChI is InChI=1S/C24H25FN2O6/c1-24(2,3)21(22(31)26-16(12-20(29)30)19(28)13-25)33-23(32)27-17-10-6-4-8-14(17)15-9-5-7-11-18(15)27/h4-11,16,21H,12-13H2,1-3H3,(H,26,31)(H,29,30)/t16?,21-/m1/s1. The van der Waals surface area contributed by atoms with E-state index in [0.717, 1.165) is 10.8 Å². The van der Waals surface area contributed by atoms with Crippen LogP contribution in [0.4, 0.5) is 9.18 Å². The van der Waals surface area contributed by atoms with Crippen molar-refractivity contribution in [3.8, 4) is 0 Å². The number of carboxylic acid groups (broad SMARTS) is 1. The van der Waals surface area contributed by atoms with Crippen LogP contribution in [0.1, 0.15) is 27.2 Å². The lowest BCUT2D eigenvalue weighted by atomic mass is 9.88. The predicted octanol–water partition coefficient (Wildman–Crippen LogP) is 3.69. The fourth-order valence-electron chi connectivity index (χ4n) is 3.66. The Kier molecular flexibility index (Phi) is 6.81. The highest BCUT2D eigenvalue weighted by Crippen LogP contribution is 2.30. The summed E-state index contributed by atoms with van der Waals surface area (Å²) in [6.07, 6.45) is -2.98. The number of nitrogens with one attached hydrogen (secondary N) is 1. The molecule has 3 aromatic rings. The third-order valence-corrected chi connectivity index (χ3v) is 5.22. The third kappa shape index (κ3) is 5.02. The summed E-state index contributed by atoms with van der Waals surface area (Å²) in [5, 5.41) is 12.9. The van der Waals surface area contributed by atoms with Gasteiger partial charge in [-0.3, -0.25) is 14.4 Å². The van der Waals surface area contributed by atoms with Gasteiger partial charge in [0.05, 0.1) is 17.5 Å². The molecule has 0 saturated heterocycles. The number of alkyl halides is 1. The highest BCUT2D eigenvalue weighted by atomic mass is 19.1. The van der Waals surface area contributed by atoms with Gasteiger partial charge < -0.3 is 15.2 Å². The number of ketones is 1. The van der Waals surface area contributed by atoms with Crippen LogP contribution < -0.4 is 5.32 Å². The minimum atomic E-state index is -1.57. The number of hydrogen-bond acceptors (Lipinski definition) is 5. The fraction of sp³-hybridized carbons (Fsp3) is 0.333. The molecule has 2 N–H and O–H groups in total. The van der Waals surface area contributed by atoms with Gasteiger partial charge in [0.25, 0.3) is 5.91 Å². The number of ether oxygens (including phenoxy) is 1. The highest BCUT2D eigenvalue weighted by Gasteiger charge is 2.38. The Balaban J connectivity index is 1.96. The van der Waals surface area contributed by atoms with E-state index < -0.39 is 54.4 Å². The molecule has 0 bridgehead atoms. The quantitative estimate of drug-likeness (QED) is 0.560. The molecule has 0 saturated carbocycles. The van der Waals surface area contributed by atoms with E-state index in [1.165, 1.54) is 4.57 Å². The van der Waals surface area contributed by atoms with Gasteiger partial charge in [0.1, 0.15) is 12.7 Å². The Bertz CT molecular complexity index is 1170. The summed E-state index contributed by atoms with van der Waals surface area (Å²) in [6, 6.07) is 12.9. The molecule has 0 fully saturated rings. The van der Waals surface area contributed by atoms with Crippen molar-refractivity contribution in [2.75, 3.05) is 6.67 Å². The van der Waals surface area contributed by atoms with Crippen molar-refractivity contribution in [3.63, 3.8) is 0 Å². The summed E-state index contributed by atoms with van der Waals surface area (Å²) in [5.74, 6) is -3.34. The smallest absolute Gasteiger partial charge is 0.419 e. The molecule has 1 unspecified atom stereocenters. The molecule has 1 aromatic heterocycles. The lowest BCUT2D eigenvalue weighted by Gasteiger charge is -2.30. The van der Waals surface area contributed by atoms with E-state index >= 15 is 0 Å². The van der Waals surface area contributed by atoms with E-state index in [0.29, 0.717) is 11.0 Å². The average Bonchev–Trinajstić information content (AvgIpc) is 3.09. The number of nitrogens with zero attached hydrogens (tertiary/aromatic N) is 1. The van der Waals surface area contributed by atoms with Crippen molar-refractivity contribution < 1.29 is 33.4 Å². The highest BCUT2D eigenvalue weighted by molar-refractivity contribution is 6.12. The van der Waals surface area contributed by atoms with Crippen LogP contribution in [0.5, 0.6) is 0 Å². The number of hydrogen-bond donors (Lipinski definition) is 2. The van der Waals surface area contributed by atoms with Crippen LogP contribution in [-0.4, -0.2) is 52.2 Å². The van der Waals surface area contributed by atoms with Crippen LogP contribution in [0.3, 0.4) is 0 Å². The molecule has 0 spiro atoms. The molecule has 33 heavy (non-hydrogen) atoms. The molecule has 3 rings (SSSR count). The van der Waals surface area contributed by atoms with Crippen molar-refractivity contribution in [2.45, 2.75) is 39.3 Å². The zero-order valence-corrected chi connectivity index (χ0v) is 18.5. The molecule has 1 amide bonds. The maximum Gasteiger partial charge on any atom is 0.419 e. The number of benzene rings is 2. The molecular formula is C24H25FN2O6. The summed E-state index contributed by atoms with van der Waals surface area (Å²) in [6.45, 7) is 3.53. The van der Waals surface area contributed by atoms with Crippen LogP contribution in [0, 0.1) is 5.41 Å². The van der Waals surface area contributed by atoms with Crippen LogP contribution in [0.2, 0.25) is 0 Å². The van der Waals surface area contributed by atoms with Crippen molar-refractivity contribution >= 4 is 45.6 Å². The molecular weight excluding hydrogens is 431 g/mol. The van der Waals surface area contributed by atoms with Gasteiger partial charge in [-0.05, 0) is 12.1 Å². The number of rotatable bonds is 7. The molecule has 174 valence electrons. The van der Waals surface area contributed by atoms with Crippen molar-refractivity contribution in [1.82, 2.24) is 9.88 Å². The minimum absolute atomic E-state index is 0.591. The van der Waals surface area contributed by atoms with Gasteiger partial charge in [-0.15, -0.1) is 0 Å². The van der Waals surface area contributed by atoms with E-state index in [-0.39, 0.29) is 0 Å². The second-order valence-corrected chi connectivity index (χ2v) is 8.76. The summed E-state index contributed by atoms with van der Waals surface area (Å²) in [7, 11) is 0. The average molecular weight is 456 g/mol. The number of fused-ring (bicyclic) bond motifs is 3. The molecule has 1 heterocycles. The normalized spacial score (nSPS) is 13.5. The Labute approximate surface area is 189 Å². The second-order valence-electron chi connectivity index (χ2n) is 8.76. The van der Waals surface area contributed by atoms with E-state index in [4.69, 9.17) is 9.84 Å². The van der Waals surface area contributed by atoms with Gasteiger partial charge in [-0.25, -0.2) is 13.8 Å². The number of para-hydroxylation sites is 2. The summed E-state index contributed by atoms with van der Waals surface area (Å²) < 4.78 is 19.9. The topological polar surface area (TPSA) is 115 Å². The largest absolute Gasteiger partial charge is 0.481 e. The maximum absolute atomic E-state index is 13.3. The maximum atomic E-state index is 13.3. The van der Waals surface area contributed by atoms with Crippen molar-refractivity contribution in [1.29, 1.82) is 0 Å². The molecule has 0 aliphatic heterocycles.